The van der Waals surface area contributed by atoms with E-state index in [1.165, 1.54) is 22.3 Å². The fourth-order valence-electron chi connectivity index (χ4n) is 3.44. The van der Waals surface area contributed by atoms with Gasteiger partial charge in [0, 0.05) is 25.3 Å². The van der Waals surface area contributed by atoms with Crippen molar-refractivity contribution in [1.82, 2.24) is 0 Å². The molecule has 0 aliphatic rings. The summed E-state index contributed by atoms with van der Waals surface area (Å²) in [6.07, 6.45) is 0. The fraction of sp³-hybridized carbons (Fsp3) is 0.0769. The van der Waals surface area contributed by atoms with E-state index in [1.807, 2.05) is 6.07 Å². The molecular formula is C26H24N2. The van der Waals surface area contributed by atoms with Gasteiger partial charge in [0.1, 0.15) is 0 Å². The lowest BCUT2D eigenvalue weighted by atomic mass is 9.98. The maximum atomic E-state index is 3.69. The lowest BCUT2D eigenvalue weighted by Crippen LogP contribution is -2.10. The van der Waals surface area contributed by atoms with Gasteiger partial charge in [-0.1, -0.05) is 84.9 Å². The number of hydrogen-bond donors (Lipinski definition) is 1. The van der Waals surface area contributed by atoms with Gasteiger partial charge in [-0.15, -0.1) is 0 Å². The molecule has 4 aromatic rings. The van der Waals surface area contributed by atoms with Crippen LogP contribution in [0.25, 0.3) is 22.3 Å². The zero-order valence-electron chi connectivity index (χ0n) is 16.3. The molecule has 0 radical (unpaired) electrons. The minimum absolute atomic E-state index is 1.09. The van der Waals surface area contributed by atoms with Gasteiger partial charge in [-0.3, -0.25) is 0 Å². The van der Waals surface area contributed by atoms with E-state index in [0.717, 1.165) is 17.1 Å². The molecule has 4 aromatic carbocycles. The number of rotatable bonds is 5. The number of para-hydroxylation sites is 2. The van der Waals surface area contributed by atoms with Crippen LogP contribution in [0, 0.1) is 0 Å². The molecular weight excluding hydrogens is 340 g/mol. The quantitative estimate of drug-likeness (QED) is 0.417. The highest BCUT2D eigenvalue weighted by atomic mass is 15.1. The van der Waals surface area contributed by atoms with Crippen molar-refractivity contribution in [2.75, 3.05) is 24.3 Å². The summed E-state index contributed by atoms with van der Waals surface area (Å²) in [5, 5.41) is 3.69. The van der Waals surface area contributed by atoms with E-state index in [0.29, 0.717) is 0 Å². The number of hydrogen-bond acceptors (Lipinski definition) is 2. The molecule has 0 fully saturated rings. The predicted octanol–water partition coefficient (Wildman–Crippen LogP) is 6.83. The van der Waals surface area contributed by atoms with Crippen molar-refractivity contribution in [2.45, 2.75) is 0 Å². The minimum atomic E-state index is 1.09. The molecule has 0 atom stereocenters. The summed E-state index contributed by atoms with van der Waals surface area (Å²) in [4.78, 5) is 2.13. The van der Waals surface area contributed by atoms with Crippen molar-refractivity contribution in [3.05, 3.63) is 103 Å². The summed E-state index contributed by atoms with van der Waals surface area (Å²) in [6, 6.07) is 36.1. The van der Waals surface area contributed by atoms with Crippen LogP contribution >= 0.6 is 0 Å². The van der Waals surface area contributed by atoms with Crippen LogP contribution in [0.2, 0.25) is 0 Å². The Kier molecular flexibility index (Phi) is 5.11. The van der Waals surface area contributed by atoms with Crippen LogP contribution < -0.4 is 10.2 Å². The Labute approximate surface area is 167 Å². The average molecular weight is 364 g/mol. The molecule has 28 heavy (non-hydrogen) atoms. The first-order valence-corrected chi connectivity index (χ1v) is 9.50. The van der Waals surface area contributed by atoms with Crippen LogP contribution in [0.15, 0.2) is 103 Å². The zero-order chi connectivity index (χ0) is 19.3. The maximum absolute atomic E-state index is 3.69. The number of nitrogens with one attached hydrogen (secondary N) is 1. The molecule has 0 heterocycles. The second-order valence-corrected chi connectivity index (χ2v) is 7.03. The highest BCUT2D eigenvalue weighted by Gasteiger charge is 2.10. The monoisotopic (exact) mass is 364 g/mol. The Bertz CT molecular complexity index is 1050. The summed E-state index contributed by atoms with van der Waals surface area (Å²) < 4.78 is 0. The molecule has 0 unspecified atom stereocenters. The van der Waals surface area contributed by atoms with Crippen LogP contribution in [0.3, 0.4) is 0 Å². The van der Waals surface area contributed by atoms with E-state index >= 15 is 0 Å². The van der Waals surface area contributed by atoms with Crippen molar-refractivity contribution in [2.24, 2.45) is 0 Å². The first-order valence-electron chi connectivity index (χ1n) is 9.50. The number of anilines is 3. The molecule has 2 heteroatoms. The van der Waals surface area contributed by atoms with Crippen LogP contribution in [0.1, 0.15) is 0 Å². The second-order valence-electron chi connectivity index (χ2n) is 7.03. The number of nitrogens with zero attached hydrogens (tertiary/aromatic N) is 1. The van der Waals surface area contributed by atoms with Gasteiger partial charge in [0.2, 0.25) is 0 Å². The SMILES string of the molecule is CN(C)c1ccccc1Nc1cc(-c2ccccc2)ccc1-c1ccccc1. The van der Waals surface area contributed by atoms with Crippen LogP contribution in [0.5, 0.6) is 0 Å². The summed E-state index contributed by atoms with van der Waals surface area (Å²) in [7, 11) is 4.14. The van der Waals surface area contributed by atoms with E-state index < -0.39 is 0 Å². The van der Waals surface area contributed by atoms with E-state index in [9.17, 15) is 0 Å². The molecule has 138 valence electrons. The van der Waals surface area contributed by atoms with Crippen molar-refractivity contribution in [3.63, 3.8) is 0 Å². The molecule has 0 aromatic heterocycles. The van der Waals surface area contributed by atoms with E-state index in [4.69, 9.17) is 0 Å². The Hall–Kier alpha value is -3.52. The summed E-state index contributed by atoms with van der Waals surface area (Å²) >= 11 is 0. The smallest absolute Gasteiger partial charge is 0.0622 e. The Morgan fingerprint density at radius 2 is 1.14 bits per heavy atom. The fourth-order valence-corrected chi connectivity index (χ4v) is 3.44. The topological polar surface area (TPSA) is 15.3 Å². The maximum Gasteiger partial charge on any atom is 0.0622 e. The van der Waals surface area contributed by atoms with E-state index in [1.54, 1.807) is 0 Å². The molecule has 0 bridgehead atoms. The normalized spacial score (nSPS) is 10.5. The van der Waals surface area contributed by atoms with Gasteiger partial charge >= 0.3 is 0 Å². The first-order chi connectivity index (χ1) is 13.7. The summed E-state index contributed by atoms with van der Waals surface area (Å²) in [5.41, 5.74) is 8.15. The molecule has 0 amide bonds. The largest absolute Gasteiger partial charge is 0.376 e. The van der Waals surface area contributed by atoms with Crippen molar-refractivity contribution in [3.8, 4) is 22.3 Å². The lowest BCUT2D eigenvalue weighted by molar-refractivity contribution is 1.13. The van der Waals surface area contributed by atoms with E-state index in [2.05, 4.69) is 121 Å². The second kappa shape index (κ2) is 8.01. The molecule has 0 aliphatic carbocycles. The summed E-state index contributed by atoms with van der Waals surface area (Å²) in [5.74, 6) is 0. The van der Waals surface area contributed by atoms with Gasteiger partial charge in [-0.25, -0.2) is 0 Å². The molecule has 0 saturated carbocycles. The van der Waals surface area contributed by atoms with E-state index in [-0.39, 0.29) is 0 Å². The molecule has 1 N–H and O–H groups in total. The van der Waals surface area contributed by atoms with Crippen LogP contribution in [-0.2, 0) is 0 Å². The molecule has 0 spiro atoms. The number of benzene rings is 4. The third-order valence-corrected chi connectivity index (χ3v) is 4.87. The van der Waals surface area contributed by atoms with Gasteiger partial charge < -0.3 is 10.2 Å². The Balaban J connectivity index is 1.83. The van der Waals surface area contributed by atoms with Gasteiger partial charge in [0.25, 0.3) is 0 Å². The van der Waals surface area contributed by atoms with Crippen LogP contribution in [-0.4, -0.2) is 14.1 Å². The van der Waals surface area contributed by atoms with Gasteiger partial charge in [0.05, 0.1) is 11.4 Å². The average Bonchev–Trinajstić information content (AvgIpc) is 2.75. The molecule has 0 saturated heterocycles. The summed E-state index contributed by atoms with van der Waals surface area (Å²) in [6.45, 7) is 0. The van der Waals surface area contributed by atoms with Crippen molar-refractivity contribution < 1.29 is 0 Å². The first kappa shape index (κ1) is 17.9. The third-order valence-electron chi connectivity index (χ3n) is 4.87. The highest BCUT2D eigenvalue weighted by molar-refractivity contribution is 5.87. The standard InChI is InChI=1S/C26H24N2/c1-28(2)26-16-10-9-15-24(26)27-25-19-22(20-11-5-3-6-12-20)17-18-23(25)21-13-7-4-8-14-21/h3-19,27H,1-2H3. The molecule has 2 nitrogen and oxygen atoms in total. The van der Waals surface area contributed by atoms with Gasteiger partial charge in [0.15, 0.2) is 0 Å². The Morgan fingerprint density at radius 1 is 0.536 bits per heavy atom. The molecule has 4 rings (SSSR count). The minimum Gasteiger partial charge on any atom is -0.376 e. The van der Waals surface area contributed by atoms with Crippen molar-refractivity contribution in [1.29, 1.82) is 0 Å². The molecule has 0 aliphatic heterocycles. The third kappa shape index (κ3) is 3.77. The zero-order valence-corrected chi connectivity index (χ0v) is 16.3. The van der Waals surface area contributed by atoms with Gasteiger partial charge in [-0.2, -0.15) is 0 Å². The highest BCUT2D eigenvalue weighted by Crippen LogP contribution is 2.36. The lowest BCUT2D eigenvalue weighted by Gasteiger charge is -2.20. The van der Waals surface area contributed by atoms with Crippen LogP contribution in [0.4, 0.5) is 17.1 Å². The van der Waals surface area contributed by atoms with Gasteiger partial charge in [-0.05, 0) is 34.9 Å². The van der Waals surface area contributed by atoms with Crippen molar-refractivity contribution >= 4 is 17.1 Å². The Morgan fingerprint density at radius 3 is 1.82 bits per heavy atom. The predicted molar refractivity (Wildman–Crippen MR) is 121 cm³/mol.